The number of aliphatic hydroxyl groups is 1. The van der Waals surface area contributed by atoms with E-state index in [1.54, 1.807) is 0 Å². The Hall–Kier alpha value is -0.120. The van der Waals surface area contributed by atoms with Crippen molar-refractivity contribution in [3.05, 3.63) is 0 Å². The van der Waals surface area contributed by atoms with E-state index in [0.717, 1.165) is 25.0 Å². The van der Waals surface area contributed by atoms with Crippen LogP contribution >= 0.6 is 0 Å². The summed E-state index contributed by atoms with van der Waals surface area (Å²) in [5.41, 5.74) is 0. The van der Waals surface area contributed by atoms with Crippen molar-refractivity contribution in [3.63, 3.8) is 0 Å². The molecule has 2 aliphatic rings. The summed E-state index contributed by atoms with van der Waals surface area (Å²) in [4.78, 5) is 2.52. The summed E-state index contributed by atoms with van der Waals surface area (Å²) in [6.07, 6.45) is 6.19. The fourth-order valence-electron chi connectivity index (χ4n) is 2.21. The predicted octanol–water partition coefficient (Wildman–Crippen LogP) is 0.974. The first-order chi connectivity index (χ1) is 7.25. The number of rotatable bonds is 7. The molecule has 1 heterocycles. The highest BCUT2D eigenvalue weighted by atomic mass is 16.3. The number of hydrogen-bond acceptors (Lipinski definition) is 3. The quantitative estimate of drug-likeness (QED) is 0.660. The lowest BCUT2D eigenvalue weighted by Gasteiger charge is -2.41. The maximum atomic E-state index is 9.23. The summed E-state index contributed by atoms with van der Waals surface area (Å²) < 4.78 is 0. The van der Waals surface area contributed by atoms with Gasteiger partial charge in [-0.3, -0.25) is 0 Å². The molecule has 2 N–H and O–H groups in total. The fourth-order valence-corrected chi connectivity index (χ4v) is 2.21. The van der Waals surface area contributed by atoms with Crippen LogP contribution < -0.4 is 5.32 Å². The van der Waals surface area contributed by atoms with Crippen molar-refractivity contribution in [1.82, 2.24) is 10.2 Å². The second-order valence-electron chi connectivity index (χ2n) is 5.13. The highest BCUT2D eigenvalue weighted by molar-refractivity contribution is 4.86. The van der Waals surface area contributed by atoms with Crippen molar-refractivity contribution in [2.24, 2.45) is 0 Å². The summed E-state index contributed by atoms with van der Waals surface area (Å²) in [5, 5.41) is 12.8. The Balaban J connectivity index is 1.52. The Morgan fingerprint density at radius 1 is 1.40 bits per heavy atom. The van der Waals surface area contributed by atoms with Gasteiger partial charge < -0.3 is 15.3 Å². The van der Waals surface area contributed by atoms with Crippen molar-refractivity contribution >= 4 is 0 Å². The molecule has 0 amide bonds. The fraction of sp³-hybridized carbons (Fsp3) is 1.00. The molecule has 0 bridgehead atoms. The zero-order chi connectivity index (χ0) is 10.7. The lowest BCUT2D eigenvalue weighted by atomic mass is 9.99. The molecule has 1 aliphatic carbocycles. The Kier molecular flexibility index (Phi) is 4.00. The third-order valence-electron chi connectivity index (χ3n) is 3.59. The standard InChI is InChI=1S/C12H24N2O/c1-10(15)5-8-14-9-6-12(14)4-7-13-11-2-3-11/h10-13,15H,2-9H2,1H3. The SMILES string of the molecule is CC(O)CCN1CCC1CCNC1CC1. The molecule has 88 valence electrons. The molecular weight excluding hydrogens is 188 g/mol. The molecule has 2 rings (SSSR count). The zero-order valence-electron chi connectivity index (χ0n) is 9.78. The number of nitrogens with one attached hydrogen (secondary N) is 1. The molecule has 1 saturated heterocycles. The number of hydrogen-bond donors (Lipinski definition) is 2. The van der Waals surface area contributed by atoms with E-state index >= 15 is 0 Å². The van der Waals surface area contributed by atoms with Crippen LogP contribution in [0.5, 0.6) is 0 Å². The summed E-state index contributed by atoms with van der Waals surface area (Å²) in [5.74, 6) is 0. The average molecular weight is 212 g/mol. The van der Waals surface area contributed by atoms with Gasteiger partial charge in [0.25, 0.3) is 0 Å². The Labute approximate surface area is 92.8 Å². The summed E-state index contributed by atoms with van der Waals surface area (Å²) in [7, 11) is 0. The molecule has 0 aromatic carbocycles. The molecule has 1 saturated carbocycles. The number of aliphatic hydroxyl groups excluding tert-OH is 1. The van der Waals surface area contributed by atoms with Gasteiger partial charge in [-0.15, -0.1) is 0 Å². The van der Waals surface area contributed by atoms with E-state index in [0.29, 0.717) is 0 Å². The molecule has 2 fully saturated rings. The van der Waals surface area contributed by atoms with E-state index in [1.165, 1.54) is 38.8 Å². The molecular formula is C12H24N2O. The van der Waals surface area contributed by atoms with Crippen LogP contribution in [-0.4, -0.2) is 47.8 Å². The van der Waals surface area contributed by atoms with Crippen molar-refractivity contribution < 1.29 is 5.11 Å². The van der Waals surface area contributed by atoms with Crippen LogP contribution in [0.25, 0.3) is 0 Å². The maximum absolute atomic E-state index is 9.23. The molecule has 2 unspecified atom stereocenters. The average Bonchev–Trinajstić information content (AvgIpc) is 2.93. The van der Waals surface area contributed by atoms with Gasteiger partial charge in [0, 0.05) is 18.6 Å². The Morgan fingerprint density at radius 2 is 2.20 bits per heavy atom. The van der Waals surface area contributed by atoms with E-state index in [2.05, 4.69) is 10.2 Å². The molecule has 1 aliphatic heterocycles. The monoisotopic (exact) mass is 212 g/mol. The first-order valence-electron chi connectivity index (χ1n) is 6.41. The largest absolute Gasteiger partial charge is 0.393 e. The molecule has 2 atom stereocenters. The molecule has 15 heavy (non-hydrogen) atoms. The van der Waals surface area contributed by atoms with Crippen molar-refractivity contribution in [3.8, 4) is 0 Å². The highest BCUT2D eigenvalue weighted by Gasteiger charge is 2.28. The minimum Gasteiger partial charge on any atom is -0.393 e. The minimum absolute atomic E-state index is 0.143. The third kappa shape index (κ3) is 3.74. The first kappa shape index (κ1) is 11.4. The van der Waals surface area contributed by atoms with Gasteiger partial charge >= 0.3 is 0 Å². The molecule has 0 aromatic rings. The van der Waals surface area contributed by atoms with Crippen LogP contribution in [0, 0.1) is 0 Å². The third-order valence-corrected chi connectivity index (χ3v) is 3.59. The molecule has 3 nitrogen and oxygen atoms in total. The number of nitrogens with zero attached hydrogens (tertiary/aromatic N) is 1. The normalized spacial score (nSPS) is 28.8. The van der Waals surface area contributed by atoms with Crippen molar-refractivity contribution in [1.29, 1.82) is 0 Å². The van der Waals surface area contributed by atoms with Gasteiger partial charge in [0.15, 0.2) is 0 Å². The van der Waals surface area contributed by atoms with Gasteiger partial charge in [-0.25, -0.2) is 0 Å². The molecule has 3 heteroatoms. The lowest BCUT2D eigenvalue weighted by Crippen LogP contribution is -2.49. The Morgan fingerprint density at radius 3 is 2.73 bits per heavy atom. The van der Waals surface area contributed by atoms with Gasteiger partial charge in [-0.05, 0) is 52.1 Å². The minimum atomic E-state index is -0.143. The van der Waals surface area contributed by atoms with Crippen LogP contribution in [0.4, 0.5) is 0 Å². The van der Waals surface area contributed by atoms with E-state index in [1.807, 2.05) is 6.92 Å². The second-order valence-corrected chi connectivity index (χ2v) is 5.13. The van der Waals surface area contributed by atoms with Gasteiger partial charge in [-0.2, -0.15) is 0 Å². The summed E-state index contributed by atoms with van der Waals surface area (Å²) in [6.45, 7) is 5.37. The maximum Gasteiger partial charge on any atom is 0.0524 e. The van der Waals surface area contributed by atoms with E-state index < -0.39 is 0 Å². The van der Waals surface area contributed by atoms with Crippen LogP contribution in [0.2, 0.25) is 0 Å². The summed E-state index contributed by atoms with van der Waals surface area (Å²) in [6, 6.07) is 1.63. The van der Waals surface area contributed by atoms with Gasteiger partial charge in [0.2, 0.25) is 0 Å². The van der Waals surface area contributed by atoms with Crippen molar-refractivity contribution in [2.75, 3.05) is 19.6 Å². The van der Waals surface area contributed by atoms with Crippen LogP contribution in [0.1, 0.15) is 39.0 Å². The van der Waals surface area contributed by atoms with Gasteiger partial charge in [0.05, 0.1) is 6.10 Å². The second kappa shape index (κ2) is 5.28. The zero-order valence-corrected chi connectivity index (χ0v) is 9.78. The smallest absolute Gasteiger partial charge is 0.0524 e. The van der Waals surface area contributed by atoms with Gasteiger partial charge in [-0.1, -0.05) is 0 Å². The Bertz CT molecular complexity index is 192. The van der Waals surface area contributed by atoms with Crippen LogP contribution in [0.15, 0.2) is 0 Å². The topological polar surface area (TPSA) is 35.5 Å². The lowest BCUT2D eigenvalue weighted by molar-refractivity contribution is 0.0634. The number of likely N-dealkylation sites (tertiary alicyclic amines) is 1. The van der Waals surface area contributed by atoms with E-state index in [-0.39, 0.29) is 6.10 Å². The van der Waals surface area contributed by atoms with Crippen LogP contribution in [0.3, 0.4) is 0 Å². The van der Waals surface area contributed by atoms with Crippen LogP contribution in [-0.2, 0) is 0 Å². The first-order valence-corrected chi connectivity index (χ1v) is 6.41. The van der Waals surface area contributed by atoms with Gasteiger partial charge in [0.1, 0.15) is 0 Å². The summed E-state index contributed by atoms with van der Waals surface area (Å²) >= 11 is 0. The molecule has 0 spiro atoms. The molecule has 0 radical (unpaired) electrons. The molecule has 0 aromatic heterocycles. The van der Waals surface area contributed by atoms with E-state index in [9.17, 15) is 5.11 Å². The van der Waals surface area contributed by atoms with Crippen molar-refractivity contribution in [2.45, 2.75) is 57.2 Å². The highest BCUT2D eigenvalue weighted by Crippen LogP contribution is 2.22. The van der Waals surface area contributed by atoms with E-state index in [4.69, 9.17) is 0 Å². The predicted molar refractivity (Wildman–Crippen MR) is 61.9 cm³/mol.